The van der Waals surface area contributed by atoms with Gasteiger partial charge in [-0.2, -0.15) is 21.6 Å². The van der Waals surface area contributed by atoms with Gasteiger partial charge in [-0.25, -0.2) is 13.6 Å². The zero-order valence-electron chi connectivity index (χ0n) is 19.6. The Bertz CT molecular complexity index is 1650. The summed E-state index contributed by atoms with van der Waals surface area (Å²) in [5.41, 5.74) is -1.28. The normalized spacial score (nSPS) is 12.1. The van der Waals surface area contributed by atoms with Crippen LogP contribution in [-0.2, 0) is 27.1 Å². The van der Waals surface area contributed by atoms with Gasteiger partial charge in [0.1, 0.15) is 18.2 Å². The summed E-state index contributed by atoms with van der Waals surface area (Å²) in [4.78, 5) is 16.8. The molecule has 0 aliphatic heterocycles. The number of carbonyl (C=O) groups excluding carboxylic acids is 1. The fraction of sp³-hybridized carbons (Fsp3) is 0.167. The topological polar surface area (TPSA) is 99.5 Å². The number of ether oxygens (including phenoxy) is 1. The van der Waals surface area contributed by atoms with Crippen molar-refractivity contribution < 1.29 is 44.1 Å². The van der Waals surface area contributed by atoms with E-state index in [2.05, 4.69) is 14.5 Å². The number of aryl methyl sites for hydroxylation is 1. The van der Waals surface area contributed by atoms with E-state index in [9.17, 15) is 30.8 Å². The van der Waals surface area contributed by atoms with E-state index in [4.69, 9.17) is 4.74 Å². The molecule has 2 heterocycles. The molecule has 0 spiro atoms. The number of rotatable bonds is 6. The molecule has 38 heavy (non-hydrogen) atoms. The monoisotopic (exact) mass is 555 g/mol. The van der Waals surface area contributed by atoms with E-state index in [1.807, 2.05) is 0 Å². The van der Waals surface area contributed by atoms with Gasteiger partial charge in [-0.3, -0.25) is 13.7 Å². The molecule has 0 aliphatic carbocycles. The molecule has 0 atom stereocenters. The number of hydrogen-bond acceptors (Lipinski definition) is 6. The Morgan fingerprint density at radius 3 is 2.50 bits per heavy atom. The van der Waals surface area contributed by atoms with E-state index in [1.165, 1.54) is 43.5 Å². The Morgan fingerprint density at radius 2 is 1.82 bits per heavy atom. The number of fused-ring (bicyclic) bond motifs is 1. The first-order chi connectivity index (χ1) is 17.7. The molecule has 0 fully saturated rings. The summed E-state index contributed by atoms with van der Waals surface area (Å²) < 4.78 is 102. The van der Waals surface area contributed by atoms with Crippen molar-refractivity contribution in [2.45, 2.75) is 19.7 Å². The second-order valence-corrected chi connectivity index (χ2v) is 9.75. The van der Waals surface area contributed by atoms with Crippen LogP contribution in [0.5, 0.6) is 11.5 Å². The highest BCUT2D eigenvalue weighted by Gasteiger charge is 2.34. The van der Waals surface area contributed by atoms with Gasteiger partial charge in [0.15, 0.2) is 11.6 Å². The van der Waals surface area contributed by atoms with Crippen LogP contribution in [0.3, 0.4) is 0 Å². The fourth-order valence-corrected chi connectivity index (χ4v) is 3.93. The first-order valence-corrected chi connectivity index (χ1v) is 12.5. The lowest BCUT2D eigenvalue weighted by atomic mass is 10.2. The van der Waals surface area contributed by atoms with Gasteiger partial charge in [0, 0.05) is 29.0 Å². The second-order valence-electron chi connectivity index (χ2n) is 8.11. The minimum atomic E-state index is -4.96. The summed E-state index contributed by atoms with van der Waals surface area (Å²) in [6.45, 7) is 1.13. The lowest BCUT2D eigenvalue weighted by Crippen LogP contribution is -2.21. The van der Waals surface area contributed by atoms with Gasteiger partial charge >= 0.3 is 12.2 Å². The number of halogens is 5. The van der Waals surface area contributed by atoms with Crippen molar-refractivity contribution >= 4 is 32.7 Å². The summed E-state index contributed by atoms with van der Waals surface area (Å²) in [6, 6.07) is 7.86. The molecule has 0 bridgehead atoms. The fourth-order valence-electron chi connectivity index (χ4n) is 3.60. The van der Waals surface area contributed by atoms with Crippen LogP contribution >= 0.6 is 0 Å². The third-order valence-electron chi connectivity index (χ3n) is 5.23. The first-order valence-electron chi connectivity index (χ1n) is 10.7. The van der Waals surface area contributed by atoms with Crippen LogP contribution in [0.1, 0.15) is 17.0 Å². The van der Waals surface area contributed by atoms with Crippen LogP contribution in [-0.4, -0.2) is 30.3 Å². The molecule has 4 aromatic rings. The Kier molecular flexibility index (Phi) is 7.12. The molecule has 14 heteroatoms. The summed E-state index contributed by atoms with van der Waals surface area (Å²) in [5.74, 6) is -2.40. The van der Waals surface area contributed by atoms with Crippen molar-refractivity contribution in [1.82, 2.24) is 9.55 Å². The molecular formula is C24H18F5N3O5S. The zero-order chi connectivity index (χ0) is 27.8. The number of nitrogens with zero attached hydrogens (tertiary/aromatic N) is 2. The minimum absolute atomic E-state index is 0.0140. The third kappa shape index (κ3) is 5.92. The van der Waals surface area contributed by atoms with Crippen molar-refractivity contribution in [2.24, 2.45) is 0 Å². The number of nitrogens with one attached hydrogen (secondary N) is 1. The number of anilines is 1. The summed E-state index contributed by atoms with van der Waals surface area (Å²) in [6.07, 6.45) is -2.76. The van der Waals surface area contributed by atoms with Crippen LogP contribution in [0.4, 0.5) is 32.4 Å². The van der Waals surface area contributed by atoms with Crippen LogP contribution < -0.4 is 10.1 Å². The molecular weight excluding hydrogens is 537 g/mol. The maximum absolute atomic E-state index is 15.3. The quantitative estimate of drug-likeness (QED) is 0.232. The van der Waals surface area contributed by atoms with Crippen LogP contribution in [0.2, 0.25) is 0 Å². The SMILES string of the molecule is Cc1cc2c(F)c(Oc3ccnc(COS(C)(=O)=O)c3)ccc2n1C(=O)Nc1ccc(F)c(C(F)(F)F)c1. The number of aromatic nitrogens is 2. The molecule has 0 unspecified atom stereocenters. The van der Waals surface area contributed by atoms with E-state index < -0.39 is 39.5 Å². The largest absolute Gasteiger partial charge is 0.454 e. The van der Waals surface area contributed by atoms with E-state index in [1.54, 1.807) is 0 Å². The van der Waals surface area contributed by atoms with Crippen molar-refractivity contribution in [3.8, 4) is 11.5 Å². The van der Waals surface area contributed by atoms with Crippen LogP contribution in [0.15, 0.2) is 54.7 Å². The van der Waals surface area contributed by atoms with Crippen LogP contribution in [0, 0.1) is 18.6 Å². The molecule has 0 radical (unpaired) electrons. The Balaban J connectivity index is 1.60. The molecule has 0 saturated carbocycles. The molecule has 1 amide bonds. The lowest BCUT2D eigenvalue weighted by molar-refractivity contribution is -0.139. The maximum atomic E-state index is 15.3. The molecule has 200 valence electrons. The van der Waals surface area contributed by atoms with E-state index in [0.717, 1.165) is 16.9 Å². The average molecular weight is 555 g/mol. The van der Waals surface area contributed by atoms with Crippen molar-refractivity contribution in [1.29, 1.82) is 0 Å². The highest BCUT2D eigenvalue weighted by molar-refractivity contribution is 7.85. The van der Waals surface area contributed by atoms with E-state index >= 15 is 4.39 Å². The number of alkyl halides is 3. The molecule has 8 nitrogen and oxygen atoms in total. The van der Waals surface area contributed by atoms with Crippen molar-refractivity contribution in [2.75, 3.05) is 11.6 Å². The molecule has 2 aromatic heterocycles. The highest BCUT2D eigenvalue weighted by Crippen LogP contribution is 2.34. The van der Waals surface area contributed by atoms with Gasteiger partial charge < -0.3 is 10.1 Å². The van der Waals surface area contributed by atoms with Gasteiger partial charge in [0.25, 0.3) is 10.1 Å². The number of pyridine rings is 1. The number of hydrogen-bond donors (Lipinski definition) is 1. The molecule has 0 aliphatic rings. The third-order valence-corrected chi connectivity index (χ3v) is 5.78. The van der Waals surface area contributed by atoms with Crippen LogP contribution in [0.25, 0.3) is 10.9 Å². The molecule has 2 aromatic carbocycles. The predicted molar refractivity (Wildman–Crippen MR) is 126 cm³/mol. The molecule has 4 rings (SSSR count). The van der Waals surface area contributed by atoms with Gasteiger partial charge in [-0.1, -0.05) is 0 Å². The van der Waals surface area contributed by atoms with E-state index in [-0.39, 0.29) is 46.1 Å². The Morgan fingerprint density at radius 1 is 1.08 bits per heavy atom. The zero-order valence-corrected chi connectivity index (χ0v) is 20.5. The van der Waals surface area contributed by atoms with Crippen molar-refractivity contribution in [3.63, 3.8) is 0 Å². The van der Waals surface area contributed by atoms with Gasteiger partial charge in [0.05, 0.1) is 23.0 Å². The highest BCUT2D eigenvalue weighted by atomic mass is 32.2. The first kappa shape index (κ1) is 27.0. The summed E-state index contributed by atoms with van der Waals surface area (Å²) in [5, 5.41) is 2.25. The maximum Gasteiger partial charge on any atom is 0.419 e. The van der Waals surface area contributed by atoms with E-state index in [0.29, 0.717) is 12.1 Å². The smallest absolute Gasteiger partial charge is 0.419 e. The second kappa shape index (κ2) is 10.0. The van der Waals surface area contributed by atoms with Gasteiger partial charge in [-0.15, -0.1) is 0 Å². The van der Waals surface area contributed by atoms with Crippen molar-refractivity contribution in [3.05, 3.63) is 83.3 Å². The summed E-state index contributed by atoms with van der Waals surface area (Å²) >= 11 is 0. The lowest BCUT2D eigenvalue weighted by Gasteiger charge is -2.13. The predicted octanol–water partition coefficient (Wildman–Crippen LogP) is 5.99. The van der Waals surface area contributed by atoms with Gasteiger partial charge in [-0.05, 0) is 49.4 Å². The Hall–Kier alpha value is -4.04. The average Bonchev–Trinajstić information content (AvgIpc) is 3.17. The van der Waals surface area contributed by atoms with Gasteiger partial charge in [0.2, 0.25) is 0 Å². The molecule has 1 N–H and O–H groups in total. The minimum Gasteiger partial charge on any atom is -0.454 e. The number of carbonyl (C=O) groups is 1. The molecule has 0 saturated heterocycles. The standard InChI is InChI=1S/C24H18F5N3O5S/c1-13-9-17-20(32(13)23(33)31-14-3-4-19(25)18(11-14)24(27,28)29)5-6-21(22(17)26)37-16-7-8-30-15(10-16)12-36-38(2,34)35/h3-11H,12H2,1-2H3,(H,31,33). The number of benzene rings is 2. The number of amides is 1. The Labute approximate surface area is 212 Å². The summed E-state index contributed by atoms with van der Waals surface area (Å²) in [7, 11) is -3.71.